The maximum atomic E-state index is 10.0. The molecule has 0 aromatic carbocycles. The van der Waals surface area contributed by atoms with Crippen LogP contribution in [0.4, 0.5) is 4.70 Å². The number of rotatable bonds is 1. The first-order valence-corrected chi connectivity index (χ1v) is 3.89. The van der Waals surface area contributed by atoms with Gasteiger partial charge in [0, 0.05) is 41.1 Å². The van der Waals surface area contributed by atoms with E-state index < -0.39 is 0 Å². The van der Waals surface area contributed by atoms with Crippen molar-refractivity contribution in [2.75, 3.05) is 5.75 Å². The Hall–Kier alpha value is 2.13. The summed E-state index contributed by atoms with van der Waals surface area (Å²) < 4.78 is 0. The minimum Gasteiger partial charge on any atom is -0.288 e. The average molecular weight is 457 g/mol. The summed E-state index contributed by atoms with van der Waals surface area (Å²) in [7, 11) is 0. The minimum atomic E-state index is 0. The van der Waals surface area contributed by atoms with Crippen molar-refractivity contribution in [3.05, 3.63) is 0 Å². The summed E-state index contributed by atoms with van der Waals surface area (Å²) in [6.07, 6.45) is 0. The van der Waals surface area contributed by atoms with E-state index in [9.17, 15) is 4.79 Å². The topological polar surface area (TPSA) is 17.1 Å². The van der Waals surface area contributed by atoms with Crippen molar-refractivity contribution in [2.24, 2.45) is 0 Å². The van der Waals surface area contributed by atoms with Crippen LogP contribution < -0.4 is 0 Å². The molecule has 0 fully saturated rings. The summed E-state index contributed by atoms with van der Waals surface area (Å²) >= 11 is 1.35. The Morgan fingerprint density at radius 3 is 1.40 bits per heavy atom. The molecule has 1 radical (unpaired) electrons. The van der Waals surface area contributed by atoms with Gasteiger partial charge in [-0.2, -0.15) is 13.5 Å². The molecule has 6 heteroatoms. The molecule has 0 aliphatic rings. The van der Waals surface area contributed by atoms with Gasteiger partial charge in [-0.25, -0.2) is 0 Å². The van der Waals surface area contributed by atoms with Crippen LogP contribution in [0.1, 0.15) is 51.4 Å². The maximum absolute atomic E-state index is 10.0. The van der Waals surface area contributed by atoms with Crippen LogP contribution in [0.25, 0.3) is 0 Å². The maximum Gasteiger partial charge on any atom is 0.185 e. The van der Waals surface area contributed by atoms with Crippen molar-refractivity contribution in [3.63, 3.8) is 0 Å². The van der Waals surface area contributed by atoms with Gasteiger partial charge in [0.05, 0.1) is 0 Å². The molecule has 103 valence electrons. The van der Waals surface area contributed by atoms with Gasteiger partial charge in [-0.15, -0.1) is 24.0 Å². The fourth-order valence-electron chi connectivity index (χ4n) is 0.203. The van der Waals surface area contributed by atoms with Gasteiger partial charge in [0.1, 0.15) is 0 Å². The molecule has 0 unspecified atom stereocenters. The zero-order chi connectivity index (χ0) is 6.99. The van der Waals surface area contributed by atoms with Crippen LogP contribution in [-0.4, -0.2) is 10.9 Å². The predicted octanol–water partition coefficient (Wildman–Crippen LogP) is 5.35. The number of thioether (sulfide) groups is 1. The molecule has 0 amide bonds. The quantitative estimate of drug-likeness (QED) is 0.494. The fourth-order valence-corrected chi connectivity index (χ4v) is 0.610. The summed E-state index contributed by atoms with van der Waals surface area (Å²) in [5.41, 5.74) is 0. The molecule has 0 bridgehead atoms. The molecule has 0 rings (SSSR count). The second-order valence-electron chi connectivity index (χ2n) is 0.925. The number of halogens is 2. The minimum absolute atomic E-state index is 0. The van der Waals surface area contributed by atoms with E-state index in [2.05, 4.69) is 0 Å². The first-order valence-electron chi connectivity index (χ1n) is 2.90. The molecule has 0 atom stereocenters. The molecule has 1 nitrogen and oxygen atoms in total. The summed E-state index contributed by atoms with van der Waals surface area (Å²) in [5, 5.41) is 0.206. The monoisotopic (exact) mass is 457 g/mol. The van der Waals surface area contributed by atoms with Crippen LogP contribution in [0.15, 0.2) is 0 Å². The Bertz CT molecular complexity index is 77.5. The SMILES string of the molecule is C.C.C.CC.CCSC(C)=O.F.I.S.[3HH].[Y]. The predicted molar refractivity (Wildman–Crippen MR) is 90.8 cm³/mol. The van der Waals surface area contributed by atoms with E-state index >= 15 is 0 Å². The van der Waals surface area contributed by atoms with E-state index in [1.807, 2.05) is 20.8 Å². The largest absolute Gasteiger partial charge is 0.288 e. The summed E-state index contributed by atoms with van der Waals surface area (Å²) in [6, 6.07) is 0. The average Bonchev–Trinajstić information content (AvgIpc) is 1.72. The van der Waals surface area contributed by atoms with Crippen LogP contribution in [0, 0.1) is 0 Å². The van der Waals surface area contributed by atoms with Crippen LogP contribution in [0.5, 0.6) is 0 Å². The Morgan fingerprint density at radius 2 is 1.40 bits per heavy atom. The molecule has 0 saturated carbocycles. The third kappa shape index (κ3) is 122. The van der Waals surface area contributed by atoms with E-state index in [-0.39, 0.29) is 104 Å². The molecule has 0 aliphatic carbocycles. The smallest absolute Gasteiger partial charge is 0.185 e. The van der Waals surface area contributed by atoms with Crippen molar-refractivity contribution >= 4 is 54.3 Å². The second kappa shape index (κ2) is 72.6. The molecular weight excluding hydrogens is 423 g/mol. The van der Waals surface area contributed by atoms with Crippen molar-refractivity contribution in [2.45, 2.75) is 50.0 Å². The molecule has 0 spiro atoms. The van der Waals surface area contributed by atoms with E-state index in [1.165, 1.54) is 11.8 Å². The Labute approximate surface area is 152 Å². The number of hydrogen-bond donors (Lipinski definition) is 0. The first-order chi connectivity index (χ1) is 3.77. The standard InChI is InChI=1S/C4H8OS.C2H6.3CH4.FH.HI.H2S.Y.H2/c1-3-6-4(2)5;1-2;;;;;;;;/h3H2,1-2H3;1-2H3;3*1H4;2*1H;1H2;;1H/i;;;;;;;;;1+2. The fraction of sp³-hybridized carbons (Fsp3) is 0.889. The van der Waals surface area contributed by atoms with Gasteiger partial charge >= 0.3 is 0 Å². The molecule has 0 aliphatic heterocycles. The molecule has 0 saturated heterocycles. The Balaban J connectivity index is -0.00000000429. The summed E-state index contributed by atoms with van der Waals surface area (Å²) in [4.78, 5) is 10.0. The third-order valence-corrected chi connectivity index (χ3v) is 1.04. The molecule has 15 heavy (non-hydrogen) atoms. The Kier molecular flexibility index (Phi) is 326. The summed E-state index contributed by atoms with van der Waals surface area (Å²) in [5.74, 6) is 0.898. The van der Waals surface area contributed by atoms with E-state index in [0.29, 0.717) is 0 Å². The first kappa shape index (κ1) is 67.4. The number of hydrogen-bond acceptors (Lipinski definition) is 2. The van der Waals surface area contributed by atoms with E-state index in [4.69, 9.17) is 0 Å². The van der Waals surface area contributed by atoms with Crippen LogP contribution in [0.2, 0.25) is 0 Å². The van der Waals surface area contributed by atoms with Gasteiger partial charge in [-0.05, 0) is 5.75 Å². The van der Waals surface area contributed by atoms with Gasteiger partial charge in [0.15, 0.2) is 5.12 Å². The van der Waals surface area contributed by atoms with Gasteiger partial charge in [-0.3, -0.25) is 9.50 Å². The van der Waals surface area contributed by atoms with Crippen molar-refractivity contribution in [1.29, 1.82) is 0 Å². The van der Waals surface area contributed by atoms with Crippen molar-refractivity contribution in [1.82, 2.24) is 0 Å². The zero-order valence-corrected chi connectivity index (χ0v) is 14.9. The third-order valence-electron chi connectivity index (χ3n) is 0.348. The van der Waals surface area contributed by atoms with Gasteiger partial charge in [0.2, 0.25) is 0 Å². The van der Waals surface area contributed by atoms with Gasteiger partial charge < -0.3 is 0 Å². The molecule has 0 aromatic rings. The zero-order valence-electron chi connectivity index (χ0n) is 7.92. The number of carbonyl (C=O) groups is 1. The molecule has 0 N–H and O–H groups in total. The van der Waals surface area contributed by atoms with Gasteiger partial charge in [-0.1, -0.05) is 54.8 Å². The van der Waals surface area contributed by atoms with Crippen molar-refractivity contribution in [3.8, 4) is 0 Å². The number of carbonyl (C=O) groups excluding carboxylic acids is 1. The van der Waals surface area contributed by atoms with Crippen LogP contribution in [-0.2, 0) is 37.5 Å². The molecular formula is C9H32FIOS2Y. The molecule has 0 aromatic heterocycles. The second-order valence-corrected chi connectivity index (χ2v) is 2.37. The van der Waals surface area contributed by atoms with Crippen LogP contribution >= 0.6 is 49.2 Å². The normalized spacial score (nSPS) is 3.73. The summed E-state index contributed by atoms with van der Waals surface area (Å²) in [6.45, 7) is 7.54. The van der Waals surface area contributed by atoms with E-state index in [1.54, 1.807) is 6.92 Å². The van der Waals surface area contributed by atoms with Crippen LogP contribution in [0.3, 0.4) is 0 Å². The Morgan fingerprint density at radius 1 is 1.20 bits per heavy atom. The molecule has 0 heterocycles. The van der Waals surface area contributed by atoms with Gasteiger partial charge in [0.25, 0.3) is 0 Å². The van der Waals surface area contributed by atoms with Crippen molar-refractivity contribution < 1.29 is 43.6 Å². The van der Waals surface area contributed by atoms with E-state index in [0.717, 1.165) is 5.75 Å².